The highest BCUT2D eigenvalue weighted by Gasteiger charge is 2.25. The summed E-state index contributed by atoms with van der Waals surface area (Å²) in [6, 6.07) is 8.75. The predicted molar refractivity (Wildman–Crippen MR) is 82.0 cm³/mol. The molecule has 0 saturated carbocycles. The van der Waals surface area contributed by atoms with E-state index >= 15 is 0 Å². The number of hydrogen-bond acceptors (Lipinski definition) is 4. The van der Waals surface area contributed by atoms with Crippen LogP contribution in [0.3, 0.4) is 0 Å². The molecule has 0 unspecified atom stereocenters. The molecule has 0 amide bonds. The van der Waals surface area contributed by atoms with Gasteiger partial charge in [-0.3, -0.25) is 4.79 Å². The second-order valence-electron chi connectivity index (χ2n) is 4.85. The van der Waals surface area contributed by atoms with Crippen molar-refractivity contribution in [2.75, 3.05) is 0 Å². The Morgan fingerprint density at radius 1 is 1.08 bits per heavy atom. The van der Waals surface area contributed by atoms with Crippen molar-refractivity contribution in [3.05, 3.63) is 72.2 Å². The third-order valence-corrected chi connectivity index (χ3v) is 5.06. The Hall–Kier alpha value is -2.87. The summed E-state index contributed by atoms with van der Waals surface area (Å²) >= 11 is 0. The molecule has 1 aromatic carbocycles. The Balaban J connectivity index is 2.29. The Labute approximate surface area is 136 Å². The minimum Gasteiger partial charge on any atom is -0.298 e. The molecule has 0 aliphatic heterocycles. The molecule has 3 aromatic rings. The van der Waals surface area contributed by atoms with Crippen LogP contribution in [0.5, 0.6) is 0 Å². The zero-order valence-corrected chi connectivity index (χ0v) is 12.9. The first-order chi connectivity index (χ1) is 11.4. The van der Waals surface area contributed by atoms with Crippen molar-refractivity contribution in [1.29, 1.82) is 0 Å². The Bertz CT molecular complexity index is 1030. The monoisotopic (exact) mass is 348 g/mol. The second kappa shape index (κ2) is 5.97. The molecule has 3 rings (SSSR count). The lowest BCUT2D eigenvalue weighted by atomic mass is 10.2. The molecule has 0 bridgehead atoms. The van der Waals surface area contributed by atoms with Gasteiger partial charge in [-0.1, -0.05) is 12.1 Å². The van der Waals surface area contributed by atoms with Crippen LogP contribution >= 0.6 is 0 Å². The standard InChI is InChI=1S/C16H10F2N2O3S/c17-13-5-1-2-6-15(13)24(22,23)20-9-11(10-21)8-14(20)12-4-3-7-19-16(12)18/h1-10H. The van der Waals surface area contributed by atoms with Gasteiger partial charge in [0.15, 0.2) is 6.29 Å². The SMILES string of the molecule is O=Cc1cc(-c2cccnc2F)n(S(=O)(=O)c2ccccc2F)c1. The maximum Gasteiger partial charge on any atom is 0.271 e. The molecule has 0 N–H and O–H groups in total. The Morgan fingerprint density at radius 2 is 1.83 bits per heavy atom. The largest absolute Gasteiger partial charge is 0.298 e. The molecule has 122 valence electrons. The van der Waals surface area contributed by atoms with Crippen molar-refractivity contribution < 1.29 is 22.0 Å². The van der Waals surface area contributed by atoms with Crippen LogP contribution in [0, 0.1) is 11.8 Å². The van der Waals surface area contributed by atoms with Crippen LogP contribution in [0.15, 0.2) is 59.8 Å². The molecular weight excluding hydrogens is 338 g/mol. The summed E-state index contributed by atoms with van der Waals surface area (Å²) < 4.78 is 54.1. The minimum atomic E-state index is -4.37. The van der Waals surface area contributed by atoms with E-state index in [-0.39, 0.29) is 16.8 Å². The summed E-state index contributed by atoms with van der Waals surface area (Å²) in [4.78, 5) is 13.9. The van der Waals surface area contributed by atoms with E-state index in [0.29, 0.717) is 10.3 Å². The lowest BCUT2D eigenvalue weighted by Gasteiger charge is -2.11. The molecule has 0 aliphatic rings. The lowest BCUT2D eigenvalue weighted by molar-refractivity contribution is 0.112. The van der Waals surface area contributed by atoms with Gasteiger partial charge in [0.25, 0.3) is 10.0 Å². The summed E-state index contributed by atoms with van der Waals surface area (Å²) in [6.45, 7) is 0. The number of nitrogens with zero attached hydrogens (tertiary/aromatic N) is 2. The quantitative estimate of drug-likeness (QED) is 0.537. The lowest BCUT2D eigenvalue weighted by Crippen LogP contribution is -2.15. The van der Waals surface area contributed by atoms with Gasteiger partial charge in [0.2, 0.25) is 5.95 Å². The molecule has 0 atom stereocenters. The van der Waals surface area contributed by atoms with Crippen molar-refractivity contribution in [2.24, 2.45) is 0 Å². The first-order valence-electron chi connectivity index (χ1n) is 6.73. The Morgan fingerprint density at radius 3 is 2.50 bits per heavy atom. The number of benzene rings is 1. The van der Waals surface area contributed by atoms with E-state index in [1.807, 2.05) is 0 Å². The highest BCUT2D eigenvalue weighted by atomic mass is 32.2. The predicted octanol–water partition coefficient (Wildman–Crippen LogP) is 2.88. The molecule has 0 spiro atoms. The van der Waals surface area contributed by atoms with Crippen molar-refractivity contribution >= 4 is 16.3 Å². The van der Waals surface area contributed by atoms with Gasteiger partial charge < -0.3 is 0 Å². The maximum absolute atomic E-state index is 14.0. The molecule has 0 saturated heterocycles. The fraction of sp³-hybridized carbons (Fsp3) is 0. The third kappa shape index (κ3) is 2.61. The van der Waals surface area contributed by atoms with E-state index in [1.54, 1.807) is 0 Å². The molecule has 2 heterocycles. The first-order valence-corrected chi connectivity index (χ1v) is 8.17. The summed E-state index contributed by atoms with van der Waals surface area (Å²) in [5, 5.41) is 0. The van der Waals surface area contributed by atoms with Gasteiger partial charge in [0.1, 0.15) is 10.7 Å². The molecular formula is C16H10F2N2O3S. The van der Waals surface area contributed by atoms with Gasteiger partial charge in [-0.2, -0.15) is 4.39 Å². The minimum absolute atomic E-state index is 0.00756. The average Bonchev–Trinajstić information content (AvgIpc) is 3.00. The van der Waals surface area contributed by atoms with Crippen molar-refractivity contribution in [2.45, 2.75) is 4.90 Å². The summed E-state index contributed by atoms with van der Waals surface area (Å²) in [5.41, 5.74) is -0.232. The summed E-state index contributed by atoms with van der Waals surface area (Å²) in [5.74, 6) is -1.85. The molecule has 24 heavy (non-hydrogen) atoms. The summed E-state index contributed by atoms with van der Waals surface area (Å²) in [7, 11) is -4.37. The van der Waals surface area contributed by atoms with E-state index in [9.17, 15) is 22.0 Å². The number of carbonyl (C=O) groups excluding carboxylic acids is 1. The van der Waals surface area contributed by atoms with E-state index in [2.05, 4.69) is 4.98 Å². The molecule has 0 aliphatic carbocycles. The highest BCUT2D eigenvalue weighted by Crippen LogP contribution is 2.28. The topological polar surface area (TPSA) is 69.0 Å². The van der Waals surface area contributed by atoms with Crippen molar-refractivity contribution in [1.82, 2.24) is 8.96 Å². The molecule has 0 radical (unpaired) electrons. The highest BCUT2D eigenvalue weighted by molar-refractivity contribution is 7.90. The van der Waals surface area contributed by atoms with Crippen LogP contribution in [0.25, 0.3) is 11.3 Å². The molecule has 5 nitrogen and oxygen atoms in total. The number of carbonyl (C=O) groups is 1. The fourth-order valence-corrected chi connectivity index (χ4v) is 3.71. The zero-order valence-electron chi connectivity index (χ0n) is 12.1. The first kappa shape index (κ1) is 16.0. The maximum atomic E-state index is 14.0. The van der Waals surface area contributed by atoms with Gasteiger partial charge in [-0.25, -0.2) is 21.8 Å². The van der Waals surface area contributed by atoms with Crippen LogP contribution in [0.1, 0.15) is 10.4 Å². The second-order valence-corrected chi connectivity index (χ2v) is 6.63. The van der Waals surface area contributed by atoms with Crippen LogP contribution in [0.2, 0.25) is 0 Å². The zero-order chi connectivity index (χ0) is 17.3. The smallest absolute Gasteiger partial charge is 0.271 e. The van der Waals surface area contributed by atoms with E-state index in [1.165, 1.54) is 36.5 Å². The van der Waals surface area contributed by atoms with Crippen LogP contribution in [-0.4, -0.2) is 23.7 Å². The molecule has 0 fully saturated rings. The number of halogens is 2. The van der Waals surface area contributed by atoms with E-state index in [0.717, 1.165) is 18.3 Å². The van der Waals surface area contributed by atoms with Crippen molar-refractivity contribution in [3.63, 3.8) is 0 Å². The number of hydrogen-bond donors (Lipinski definition) is 0. The molecule has 2 aromatic heterocycles. The van der Waals surface area contributed by atoms with Gasteiger partial charge in [0.05, 0.1) is 11.3 Å². The van der Waals surface area contributed by atoms with Gasteiger partial charge in [-0.15, -0.1) is 0 Å². The summed E-state index contributed by atoms with van der Waals surface area (Å²) in [6.07, 6.45) is 2.64. The van der Waals surface area contributed by atoms with Gasteiger partial charge >= 0.3 is 0 Å². The average molecular weight is 348 g/mol. The van der Waals surface area contributed by atoms with Crippen LogP contribution in [-0.2, 0) is 10.0 Å². The van der Waals surface area contributed by atoms with E-state index < -0.39 is 26.7 Å². The molecule has 8 heteroatoms. The van der Waals surface area contributed by atoms with Crippen molar-refractivity contribution in [3.8, 4) is 11.3 Å². The van der Waals surface area contributed by atoms with Gasteiger partial charge in [-0.05, 0) is 30.3 Å². The van der Waals surface area contributed by atoms with E-state index in [4.69, 9.17) is 0 Å². The number of aldehydes is 1. The normalized spacial score (nSPS) is 11.4. The fourth-order valence-electron chi connectivity index (χ4n) is 2.26. The third-order valence-electron chi connectivity index (χ3n) is 3.35. The number of rotatable bonds is 4. The van der Waals surface area contributed by atoms with Crippen LogP contribution in [0.4, 0.5) is 8.78 Å². The number of pyridine rings is 1. The van der Waals surface area contributed by atoms with Gasteiger partial charge in [0, 0.05) is 18.0 Å². The number of aromatic nitrogens is 2. The Kier molecular flexibility index (Phi) is 3.98. The van der Waals surface area contributed by atoms with Crippen LogP contribution < -0.4 is 0 Å².